The lowest BCUT2D eigenvalue weighted by molar-refractivity contribution is 0.130. The fourth-order valence-corrected chi connectivity index (χ4v) is 4.28. The number of thiophene rings is 1. The number of hydrogen-bond donors (Lipinski definition) is 0. The second kappa shape index (κ2) is 5.29. The minimum atomic E-state index is -0.145. The third-order valence-electron chi connectivity index (χ3n) is 4.50. The zero-order valence-electron chi connectivity index (χ0n) is 12.6. The molecule has 0 radical (unpaired) electrons. The maximum atomic E-state index is 9.11. The van der Waals surface area contributed by atoms with Gasteiger partial charge in [-0.05, 0) is 43.9 Å². The Bertz CT molecular complexity index is 932. The molecule has 3 heterocycles. The van der Waals surface area contributed by atoms with Crippen LogP contribution in [0.2, 0.25) is 5.28 Å². The largest absolute Gasteiger partial charge is 0.265 e. The second-order valence-corrected chi connectivity index (χ2v) is 7.59. The smallest absolute Gasteiger partial charge is 0.223 e. The van der Waals surface area contributed by atoms with Crippen LogP contribution in [0.15, 0.2) is 18.5 Å². The van der Waals surface area contributed by atoms with Crippen molar-refractivity contribution in [2.75, 3.05) is 0 Å². The minimum absolute atomic E-state index is 0.145. The van der Waals surface area contributed by atoms with Crippen LogP contribution in [0, 0.1) is 18.3 Å². The van der Waals surface area contributed by atoms with Crippen LogP contribution in [0.25, 0.3) is 21.5 Å². The molecule has 1 saturated carbocycles. The zero-order chi connectivity index (χ0) is 16.0. The van der Waals surface area contributed by atoms with Crippen LogP contribution in [0.4, 0.5) is 0 Å². The second-order valence-electron chi connectivity index (χ2n) is 6.00. The SMILES string of the molecule is Cc1cc2nc(Cl)nc(-c3cnn(C4(CC#N)CCC4)c3)c2s1. The Morgan fingerprint density at radius 3 is 2.96 bits per heavy atom. The molecule has 116 valence electrons. The molecule has 0 aromatic carbocycles. The quantitative estimate of drug-likeness (QED) is 0.664. The number of nitriles is 1. The Balaban J connectivity index is 1.82. The lowest BCUT2D eigenvalue weighted by Crippen LogP contribution is -2.40. The maximum absolute atomic E-state index is 9.11. The summed E-state index contributed by atoms with van der Waals surface area (Å²) in [6.45, 7) is 2.05. The predicted octanol–water partition coefficient (Wildman–Crippen LogP) is 4.31. The van der Waals surface area contributed by atoms with Crippen LogP contribution in [-0.2, 0) is 5.54 Å². The standard InChI is InChI=1S/C16H14ClN5S/c1-10-7-12-14(23-10)13(21-15(17)20-12)11-8-19-22(9-11)16(5-6-18)3-2-4-16/h7-9H,2-5H2,1H3. The molecular formula is C16H14ClN5S. The first-order valence-electron chi connectivity index (χ1n) is 7.47. The van der Waals surface area contributed by atoms with Gasteiger partial charge >= 0.3 is 0 Å². The number of halogens is 1. The van der Waals surface area contributed by atoms with E-state index in [1.165, 1.54) is 4.88 Å². The third kappa shape index (κ3) is 2.32. The van der Waals surface area contributed by atoms with Crippen LogP contribution < -0.4 is 0 Å². The van der Waals surface area contributed by atoms with Crippen LogP contribution in [0.5, 0.6) is 0 Å². The van der Waals surface area contributed by atoms with Crippen molar-refractivity contribution in [3.8, 4) is 17.3 Å². The highest BCUT2D eigenvalue weighted by Crippen LogP contribution is 2.42. The van der Waals surface area contributed by atoms with Crippen molar-refractivity contribution >= 4 is 33.2 Å². The van der Waals surface area contributed by atoms with Gasteiger partial charge in [0.05, 0.1) is 40.1 Å². The Morgan fingerprint density at radius 1 is 1.43 bits per heavy atom. The summed E-state index contributed by atoms with van der Waals surface area (Å²) in [7, 11) is 0. The van der Waals surface area contributed by atoms with E-state index in [0.29, 0.717) is 6.42 Å². The van der Waals surface area contributed by atoms with Crippen LogP contribution in [0.3, 0.4) is 0 Å². The molecule has 0 saturated heterocycles. The third-order valence-corrected chi connectivity index (χ3v) is 5.72. The van der Waals surface area contributed by atoms with Gasteiger partial charge in [0.2, 0.25) is 5.28 Å². The highest BCUT2D eigenvalue weighted by molar-refractivity contribution is 7.19. The topological polar surface area (TPSA) is 67.4 Å². The van der Waals surface area contributed by atoms with Gasteiger partial charge in [0.1, 0.15) is 0 Å². The first-order chi connectivity index (χ1) is 11.1. The minimum Gasteiger partial charge on any atom is -0.265 e. The van der Waals surface area contributed by atoms with E-state index in [2.05, 4.69) is 21.1 Å². The monoisotopic (exact) mass is 343 g/mol. The van der Waals surface area contributed by atoms with Crippen molar-refractivity contribution in [1.29, 1.82) is 5.26 Å². The number of fused-ring (bicyclic) bond motifs is 1. The Kier molecular flexibility index (Phi) is 3.36. The highest BCUT2D eigenvalue weighted by Gasteiger charge is 2.39. The predicted molar refractivity (Wildman–Crippen MR) is 90.4 cm³/mol. The summed E-state index contributed by atoms with van der Waals surface area (Å²) >= 11 is 7.74. The van der Waals surface area contributed by atoms with Gasteiger partial charge in [-0.2, -0.15) is 10.4 Å². The van der Waals surface area contributed by atoms with E-state index in [9.17, 15) is 0 Å². The van der Waals surface area contributed by atoms with E-state index in [-0.39, 0.29) is 10.8 Å². The van der Waals surface area contributed by atoms with Gasteiger partial charge in [-0.15, -0.1) is 11.3 Å². The zero-order valence-corrected chi connectivity index (χ0v) is 14.2. The first kappa shape index (κ1) is 14.6. The molecule has 0 amide bonds. The number of aryl methyl sites for hydroxylation is 1. The summed E-state index contributed by atoms with van der Waals surface area (Å²) in [4.78, 5) is 9.88. The van der Waals surface area contributed by atoms with E-state index in [1.54, 1.807) is 11.3 Å². The molecule has 0 aliphatic heterocycles. The number of aromatic nitrogens is 4. The molecule has 0 spiro atoms. The molecule has 3 aromatic rings. The fraction of sp³-hybridized carbons (Fsp3) is 0.375. The summed E-state index contributed by atoms with van der Waals surface area (Å²) < 4.78 is 2.96. The molecule has 5 nitrogen and oxygen atoms in total. The van der Waals surface area contributed by atoms with Gasteiger partial charge in [-0.3, -0.25) is 4.68 Å². The average Bonchev–Trinajstić information content (AvgIpc) is 3.08. The van der Waals surface area contributed by atoms with Gasteiger partial charge in [-0.1, -0.05) is 0 Å². The summed E-state index contributed by atoms with van der Waals surface area (Å²) in [6.07, 6.45) is 7.43. The number of hydrogen-bond acceptors (Lipinski definition) is 5. The maximum Gasteiger partial charge on any atom is 0.223 e. The highest BCUT2D eigenvalue weighted by atomic mass is 35.5. The molecule has 3 aromatic heterocycles. The molecule has 0 unspecified atom stereocenters. The van der Waals surface area contributed by atoms with Gasteiger partial charge in [0, 0.05) is 16.6 Å². The van der Waals surface area contributed by atoms with E-state index in [4.69, 9.17) is 16.9 Å². The molecule has 1 fully saturated rings. The normalized spacial score (nSPS) is 16.2. The molecule has 7 heteroatoms. The number of nitrogens with zero attached hydrogens (tertiary/aromatic N) is 5. The van der Waals surface area contributed by atoms with E-state index >= 15 is 0 Å². The van der Waals surface area contributed by atoms with Crippen molar-refractivity contribution < 1.29 is 0 Å². The van der Waals surface area contributed by atoms with Crippen LogP contribution in [0.1, 0.15) is 30.6 Å². The summed E-state index contributed by atoms with van der Waals surface area (Å²) in [5, 5.41) is 13.9. The van der Waals surface area contributed by atoms with Gasteiger partial charge in [-0.25, -0.2) is 9.97 Å². The fourth-order valence-electron chi connectivity index (χ4n) is 3.14. The molecule has 23 heavy (non-hydrogen) atoms. The van der Waals surface area contributed by atoms with Crippen molar-refractivity contribution in [2.24, 2.45) is 0 Å². The van der Waals surface area contributed by atoms with E-state index in [1.807, 2.05) is 30.1 Å². The Hall–Kier alpha value is -1.97. The number of rotatable bonds is 3. The summed E-state index contributed by atoms with van der Waals surface area (Å²) in [5.41, 5.74) is 2.46. The molecule has 4 rings (SSSR count). The molecule has 0 bridgehead atoms. The van der Waals surface area contributed by atoms with Crippen molar-refractivity contribution in [1.82, 2.24) is 19.7 Å². The summed E-state index contributed by atoms with van der Waals surface area (Å²) in [6, 6.07) is 4.31. The van der Waals surface area contributed by atoms with Gasteiger partial charge in [0.25, 0.3) is 0 Å². The molecule has 1 aliphatic carbocycles. The van der Waals surface area contributed by atoms with E-state index < -0.39 is 0 Å². The first-order valence-corrected chi connectivity index (χ1v) is 8.67. The lowest BCUT2D eigenvalue weighted by Gasteiger charge is -2.40. The van der Waals surface area contributed by atoms with Crippen molar-refractivity contribution in [3.05, 3.63) is 28.6 Å². The van der Waals surface area contributed by atoms with Crippen LogP contribution >= 0.6 is 22.9 Å². The average molecular weight is 344 g/mol. The molecule has 0 N–H and O–H groups in total. The molecule has 1 aliphatic rings. The van der Waals surface area contributed by atoms with Crippen molar-refractivity contribution in [3.63, 3.8) is 0 Å². The Morgan fingerprint density at radius 2 is 2.26 bits per heavy atom. The summed E-state index contributed by atoms with van der Waals surface area (Å²) in [5.74, 6) is 0. The van der Waals surface area contributed by atoms with E-state index in [0.717, 1.165) is 40.7 Å². The van der Waals surface area contributed by atoms with Gasteiger partial charge in [0.15, 0.2) is 0 Å². The Labute approximate surface area is 142 Å². The molecular weight excluding hydrogens is 330 g/mol. The molecule has 0 atom stereocenters. The van der Waals surface area contributed by atoms with Crippen LogP contribution in [-0.4, -0.2) is 19.7 Å². The lowest BCUT2D eigenvalue weighted by atomic mass is 9.75. The van der Waals surface area contributed by atoms with Crippen molar-refractivity contribution in [2.45, 2.75) is 38.1 Å². The van der Waals surface area contributed by atoms with Gasteiger partial charge < -0.3 is 0 Å².